The Morgan fingerprint density at radius 2 is 1.71 bits per heavy atom. The quantitative estimate of drug-likeness (QED) is 0.401. The van der Waals surface area contributed by atoms with Crippen LogP contribution in [0, 0.1) is 0 Å². The topological polar surface area (TPSA) is 116 Å². The van der Waals surface area contributed by atoms with Crippen LogP contribution in [0.3, 0.4) is 0 Å². The first-order valence-corrected chi connectivity index (χ1v) is 9.01. The third kappa shape index (κ3) is 8.77. The Balaban J connectivity index is 2.44. The Hall–Kier alpha value is -2.74. The molecule has 1 N–H and O–H groups in total. The number of hydrogen-bond donors (Lipinski definition) is 1. The number of benzene rings is 1. The number of ether oxygens (including phenoxy) is 3. The lowest BCUT2D eigenvalue weighted by atomic mass is 10.1. The summed E-state index contributed by atoms with van der Waals surface area (Å²) in [5.41, 5.74) is 0.589. The summed E-state index contributed by atoms with van der Waals surface area (Å²) in [4.78, 5) is 46.1. The fraction of sp³-hybridized carbons (Fsp3) is 0.500. The van der Waals surface area contributed by atoms with Gasteiger partial charge in [-0.25, -0.2) is 9.59 Å². The van der Waals surface area contributed by atoms with Crippen molar-refractivity contribution in [3.63, 3.8) is 0 Å². The summed E-state index contributed by atoms with van der Waals surface area (Å²) in [6.07, 6.45) is 0.0837. The molecule has 28 heavy (non-hydrogen) atoms. The predicted octanol–water partition coefficient (Wildman–Crippen LogP) is 2.45. The number of esters is 2. The average molecular weight is 394 g/mol. The summed E-state index contributed by atoms with van der Waals surface area (Å²) in [5.74, 6) is -2.76. The number of aliphatic carboxylic acids is 1. The molecule has 1 aromatic rings. The van der Waals surface area contributed by atoms with Crippen LogP contribution in [0.5, 0.6) is 0 Å². The highest BCUT2D eigenvalue weighted by atomic mass is 16.6. The number of hydrogen-bond acceptors (Lipinski definition) is 7. The van der Waals surface area contributed by atoms with Crippen LogP contribution in [0.4, 0.5) is 0 Å². The third-order valence-electron chi connectivity index (χ3n) is 3.97. The van der Waals surface area contributed by atoms with Crippen molar-refractivity contribution in [1.29, 1.82) is 0 Å². The zero-order valence-electron chi connectivity index (χ0n) is 16.1. The Bertz CT molecular complexity index is 655. The lowest BCUT2D eigenvalue weighted by Gasteiger charge is -2.17. The number of carbonyl (C=O) groups is 4. The maximum absolute atomic E-state index is 12.1. The number of rotatable bonds is 13. The molecule has 0 bridgehead atoms. The molecule has 154 valence electrons. The number of Topliss-reactive ketones (excluding diaryl/α,β-unsaturated/α-hetero) is 1. The molecule has 8 nitrogen and oxygen atoms in total. The molecular formula is C20H26O8. The number of methoxy groups -OCH3 is 1. The van der Waals surface area contributed by atoms with Gasteiger partial charge in [0, 0.05) is 13.5 Å². The molecular weight excluding hydrogens is 368 g/mol. The van der Waals surface area contributed by atoms with Crippen LogP contribution >= 0.6 is 0 Å². The van der Waals surface area contributed by atoms with Gasteiger partial charge in [-0.3, -0.25) is 9.59 Å². The van der Waals surface area contributed by atoms with E-state index in [0.29, 0.717) is 31.2 Å². The van der Waals surface area contributed by atoms with Crippen molar-refractivity contribution in [2.75, 3.05) is 13.7 Å². The highest BCUT2D eigenvalue weighted by Crippen LogP contribution is 2.18. The van der Waals surface area contributed by atoms with Crippen molar-refractivity contribution in [2.45, 2.75) is 51.2 Å². The molecule has 0 spiro atoms. The fourth-order valence-electron chi connectivity index (χ4n) is 2.52. The van der Waals surface area contributed by atoms with Crippen LogP contribution in [0.1, 0.15) is 50.7 Å². The van der Waals surface area contributed by atoms with Gasteiger partial charge in [0.1, 0.15) is 0 Å². The highest BCUT2D eigenvalue weighted by molar-refractivity contribution is 5.85. The number of carboxylic acids is 1. The minimum Gasteiger partial charge on any atom is -0.481 e. The monoisotopic (exact) mass is 394 g/mol. The van der Waals surface area contributed by atoms with E-state index < -0.39 is 36.7 Å². The summed E-state index contributed by atoms with van der Waals surface area (Å²) in [5, 5.41) is 8.59. The fourth-order valence-corrected chi connectivity index (χ4v) is 2.52. The highest BCUT2D eigenvalue weighted by Gasteiger charge is 2.24. The summed E-state index contributed by atoms with van der Waals surface area (Å²) in [6, 6.07) is 8.68. The van der Waals surface area contributed by atoms with Gasteiger partial charge in [-0.2, -0.15) is 0 Å². The van der Waals surface area contributed by atoms with Crippen molar-refractivity contribution in [1.82, 2.24) is 0 Å². The van der Waals surface area contributed by atoms with Crippen LogP contribution in [0.2, 0.25) is 0 Å². The van der Waals surface area contributed by atoms with E-state index in [1.54, 1.807) is 30.3 Å². The van der Waals surface area contributed by atoms with E-state index in [2.05, 4.69) is 0 Å². The molecule has 2 unspecified atom stereocenters. The summed E-state index contributed by atoms with van der Waals surface area (Å²) < 4.78 is 15.2. The molecule has 0 aliphatic carbocycles. The zero-order valence-corrected chi connectivity index (χ0v) is 16.1. The van der Waals surface area contributed by atoms with E-state index in [4.69, 9.17) is 19.3 Å². The number of carboxylic acid groups (broad SMARTS) is 1. The Kier molecular flexibility index (Phi) is 10.5. The van der Waals surface area contributed by atoms with Crippen LogP contribution in [-0.2, 0) is 33.4 Å². The standard InChI is InChI=1S/C20H26O8/c1-14(21)16(11-7-4-8-12-17(22)23)28-18(24)13-27-20(25)19(26-2)15-9-5-3-6-10-15/h3,5-6,9-10,16,19H,4,7-8,11-13H2,1-2H3,(H,22,23). The Morgan fingerprint density at radius 3 is 2.29 bits per heavy atom. The van der Waals surface area contributed by atoms with Crippen LogP contribution in [-0.4, -0.2) is 48.6 Å². The number of ketones is 1. The van der Waals surface area contributed by atoms with E-state index in [1.807, 2.05) is 0 Å². The first-order chi connectivity index (χ1) is 13.3. The largest absolute Gasteiger partial charge is 0.481 e. The Morgan fingerprint density at radius 1 is 1.04 bits per heavy atom. The van der Waals surface area contributed by atoms with Gasteiger partial charge in [-0.15, -0.1) is 0 Å². The molecule has 0 aliphatic rings. The molecule has 8 heteroatoms. The number of unbranched alkanes of at least 4 members (excludes halogenated alkanes) is 2. The first kappa shape index (κ1) is 23.3. The summed E-state index contributed by atoms with van der Waals surface area (Å²) in [7, 11) is 1.35. The second kappa shape index (κ2) is 12.6. The summed E-state index contributed by atoms with van der Waals surface area (Å²) >= 11 is 0. The smallest absolute Gasteiger partial charge is 0.344 e. The van der Waals surface area contributed by atoms with Gasteiger partial charge in [0.25, 0.3) is 0 Å². The number of carbonyl (C=O) groups excluding carboxylic acids is 3. The van der Waals surface area contributed by atoms with E-state index >= 15 is 0 Å². The van der Waals surface area contributed by atoms with Crippen LogP contribution in [0.15, 0.2) is 30.3 Å². The second-order valence-electron chi connectivity index (χ2n) is 6.22. The van der Waals surface area contributed by atoms with Gasteiger partial charge in [0.2, 0.25) is 0 Å². The van der Waals surface area contributed by atoms with E-state index in [0.717, 1.165) is 0 Å². The van der Waals surface area contributed by atoms with Crippen LogP contribution in [0.25, 0.3) is 0 Å². The molecule has 0 saturated carbocycles. The van der Waals surface area contributed by atoms with E-state index in [1.165, 1.54) is 14.0 Å². The SMILES string of the molecule is COC(C(=O)OCC(=O)OC(CCCCCC(=O)O)C(C)=O)c1ccccc1. The summed E-state index contributed by atoms with van der Waals surface area (Å²) in [6.45, 7) is 0.673. The maximum atomic E-state index is 12.1. The molecule has 0 saturated heterocycles. The van der Waals surface area contributed by atoms with E-state index in [9.17, 15) is 19.2 Å². The molecule has 1 rings (SSSR count). The van der Waals surface area contributed by atoms with E-state index in [-0.39, 0.29) is 12.2 Å². The third-order valence-corrected chi connectivity index (χ3v) is 3.97. The molecule has 0 radical (unpaired) electrons. The van der Waals surface area contributed by atoms with Crippen molar-refractivity contribution >= 4 is 23.7 Å². The van der Waals surface area contributed by atoms with Gasteiger partial charge >= 0.3 is 17.9 Å². The van der Waals surface area contributed by atoms with Crippen molar-refractivity contribution in [3.8, 4) is 0 Å². The maximum Gasteiger partial charge on any atom is 0.344 e. The average Bonchev–Trinajstić information content (AvgIpc) is 2.66. The molecule has 0 heterocycles. The predicted molar refractivity (Wildman–Crippen MR) is 98.4 cm³/mol. The lowest BCUT2D eigenvalue weighted by molar-refractivity contribution is -0.169. The van der Waals surface area contributed by atoms with Gasteiger partial charge in [0.15, 0.2) is 24.6 Å². The van der Waals surface area contributed by atoms with Gasteiger partial charge in [-0.05, 0) is 31.7 Å². The molecule has 1 aromatic carbocycles. The molecule has 0 aliphatic heterocycles. The van der Waals surface area contributed by atoms with Crippen molar-refractivity contribution in [2.24, 2.45) is 0 Å². The van der Waals surface area contributed by atoms with Crippen molar-refractivity contribution < 1.29 is 38.5 Å². The first-order valence-electron chi connectivity index (χ1n) is 9.01. The minimum atomic E-state index is -0.966. The molecule has 2 atom stereocenters. The van der Waals surface area contributed by atoms with Gasteiger partial charge in [0.05, 0.1) is 0 Å². The molecule has 0 fully saturated rings. The zero-order chi connectivity index (χ0) is 20.9. The lowest BCUT2D eigenvalue weighted by Crippen LogP contribution is -2.29. The normalized spacial score (nSPS) is 12.6. The molecule has 0 aromatic heterocycles. The van der Waals surface area contributed by atoms with Gasteiger partial charge in [-0.1, -0.05) is 36.8 Å². The Labute approximate surface area is 163 Å². The van der Waals surface area contributed by atoms with Crippen LogP contribution < -0.4 is 0 Å². The molecule has 0 amide bonds. The second-order valence-corrected chi connectivity index (χ2v) is 6.22. The van der Waals surface area contributed by atoms with Gasteiger partial charge < -0.3 is 19.3 Å². The van der Waals surface area contributed by atoms with Crippen molar-refractivity contribution in [3.05, 3.63) is 35.9 Å². The minimum absolute atomic E-state index is 0.0581.